The van der Waals surface area contributed by atoms with E-state index in [-0.39, 0.29) is 36.0 Å². The second kappa shape index (κ2) is 8.65. The van der Waals surface area contributed by atoms with Gasteiger partial charge in [0, 0.05) is 26.2 Å². The van der Waals surface area contributed by atoms with Crippen molar-refractivity contribution in [3.8, 4) is 0 Å². The predicted molar refractivity (Wildman–Crippen MR) is 94.2 cm³/mol. The summed E-state index contributed by atoms with van der Waals surface area (Å²) in [5.74, 6) is 0.423. The Labute approximate surface area is 146 Å². The highest BCUT2D eigenvalue weighted by atomic mass is 35.5. The Morgan fingerprint density at radius 1 is 1.30 bits per heavy atom. The zero-order chi connectivity index (χ0) is 16.2. The van der Waals surface area contributed by atoms with Gasteiger partial charge >= 0.3 is 0 Å². The highest BCUT2D eigenvalue weighted by Gasteiger charge is 2.49. The molecule has 8 heteroatoms. The molecule has 2 N–H and O–H groups in total. The van der Waals surface area contributed by atoms with Gasteiger partial charge in [0.15, 0.2) is 0 Å². The molecule has 0 unspecified atom stereocenters. The number of nitrogens with zero attached hydrogens (tertiary/aromatic N) is 1. The second-order valence-corrected chi connectivity index (χ2v) is 8.47. The van der Waals surface area contributed by atoms with Crippen LogP contribution in [0.2, 0.25) is 0 Å². The Morgan fingerprint density at radius 3 is 2.65 bits per heavy atom. The summed E-state index contributed by atoms with van der Waals surface area (Å²) in [6, 6.07) is 0. The predicted octanol–water partition coefficient (Wildman–Crippen LogP) is 0.976. The SMILES string of the molecule is CCN(CC)S(=O)(=O)CCNC(=O)[C@@]12CCCC[C@H]1CNC2.Cl. The van der Waals surface area contributed by atoms with Crippen LogP contribution in [0.4, 0.5) is 0 Å². The first-order valence-corrected chi connectivity index (χ1v) is 10.0. The largest absolute Gasteiger partial charge is 0.354 e. The Morgan fingerprint density at radius 2 is 2.00 bits per heavy atom. The molecule has 0 aromatic rings. The maximum atomic E-state index is 12.6. The number of hydrogen-bond acceptors (Lipinski definition) is 4. The van der Waals surface area contributed by atoms with Crippen LogP contribution in [-0.4, -0.2) is 57.1 Å². The van der Waals surface area contributed by atoms with Crippen LogP contribution >= 0.6 is 12.4 Å². The summed E-state index contributed by atoms with van der Waals surface area (Å²) in [4.78, 5) is 12.6. The lowest BCUT2D eigenvalue weighted by Crippen LogP contribution is -2.49. The summed E-state index contributed by atoms with van der Waals surface area (Å²) >= 11 is 0. The Balaban J connectivity index is 0.00000264. The van der Waals surface area contributed by atoms with Crippen LogP contribution in [-0.2, 0) is 14.8 Å². The molecule has 2 atom stereocenters. The molecule has 1 saturated heterocycles. The van der Waals surface area contributed by atoms with Crippen molar-refractivity contribution in [2.75, 3.05) is 38.5 Å². The fourth-order valence-electron chi connectivity index (χ4n) is 3.91. The van der Waals surface area contributed by atoms with E-state index in [1.165, 1.54) is 10.7 Å². The first-order chi connectivity index (χ1) is 10.5. The van der Waals surface area contributed by atoms with Crippen LogP contribution in [0.25, 0.3) is 0 Å². The Bertz CT molecular complexity index is 496. The van der Waals surface area contributed by atoms with E-state index in [1.54, 1.807) is 0 Å². The molecular weight excluding hydrogens is 338 g/mol. The molecule has 1 aliphatic heterocycles. The van der Waals surface area contributed by atoms with Gasteiger partial charge in [0.25, 0.3) is 0 Å². The van der Waals surface area contributed by atoms with Crippen LogP contribution in [0.1, 0.15) is 39.5 Å². The zero-order valence-electron chi connectivity index (χ0n) is 14.1. The number of carbonyl (C=O) groups is 1. The summed E-state index contributed by atoms with van der Waals surface area (Å²) in [6.45, 7) is 6.44. The normalized spacial score (nSPS) is 27.3. The molecule has 0 aromatic heterocycles. The van der Waals surface area contributed by atoms with Crippen molar-refractivity contribution in [3.63, 3.8) is 0 Å². The highest BCUT2D eigenvalue weighted by Crippen LogP contribution is 2.43. The van der Waals surface area contributed by atoms with E-state index >= 15 is 0 Å². The summed E-state index contributed by atoms with van der Waals surface area (Å²) in [7, 11) is -3.27. The van der Waals surface area contributed by atoms with E-state index in [0.717, 1.165) is 32.4 Å². The number of carbonyl (C=O) groups excluding carboxylic acids is 1. The van der Waals surface area contributed by atoms with Crippen molar-refractivity contribution in [1.82, 2.24) is 14.9 Å². The third-order valence-electron chi connectivity index (χ3n) is 5.23. The number of halogens is 1. The number of rotatable bonds is 7. The molecule has 1 heterocycles. The second-order valence-electron chi connectivity index (χ2n) is 6.39. The van der Waals surface area contributed by atoms with E-state index in [1.807, 2.05) is 13.8 Å². The average molecular weight is 368 g/mol. The maximum absolute atomic E-state index is 12.6. The van der Waals surface area contributed by atoms with Crippen LogP contribution < -0.4 is 10.6 Å². The molecule has 23 heavy (non-hydrogen) atoms. The Kier molecular flexibility index (Phi) is 7.77. The van der Waals surface area contributed by atoms with E-state index in [0.29, 0.717) is 19.0 Å². The lowest BCUT2D eigenvalue weighted by atomic mass is 9.67. The van der Waals surface area contributed by atoms with Crippen molar-refractivity contribution in [2.45, 2.75) is 39.5 Å². The minimum atomic E-state index is -3.27. The number of hydrogen-bond donors (Lipinski definition) is 2. The number of nitrogens with one attached hydrogen (secondary N) is 2. The molecule has 6 nitrogen and oxygen atoms in total. The van der Waals surface area contributed by atoms with Gasteiger partial charge in [-0.3, -0.25) is 4.79 Å². The molecule has 0 aromatic carbocycles. The van der Waals surface area contributed by atoms with Gasteiger partial charge < -0.3 is 10.6 Å². The van der Waals surface area contributed by atoms with Gasteiger partial charge in [-0.2, -0.15) is 0 Å². The highest BCUT2D eigenvalue weighted by molar-refractivity contribution is 7.89. The van der Waals surface area contributed by atoms with Gasteiger partial charge in [0.2, 0.25) is 15.9 Å². The number of sulfonamides is 1. The average Bonchev–Trinajstić information content (AvgIpc) is 2.93. The van der Waals surface area contributed by atoms with Gasteiger partial charge in [0.1, 0.15) is 0 Å². The van der Waals surface area contributed by atoms with Gasteiger partial charge in [-0.1, -0.05) is 26.7 Å². The first-order valence-electron chi connectivity index (χ1n) is 8.43. The van der Waals surface area contributed by atoms with E-state index < -0.39 is 10.0 Å². The van der Waals surface area contributed by atoms with Crippen molar-refractivity contribution in [2.24, 2.45) is 11.3 Å². The monoisotopic (exact) mass is 367 g/mol. The molecule has 2 rings (SSSR count). The smallest absolute Gasteiger partial charge is 0.227 e. The molecule has 0 bridgehead atoms. The van der Waals surface area contributed by atoms with Crippen molar-refractivity contribution < 1.29 is 13.2 Å². The fourth-order valence-corrected chi connectivity index (χ4v) is 5.31. The van der Waals surface area contributed by atoms with Gasteiger partial charge in [0.05, 0.1) is 11.2 Å². The number of fused-ring (bicyclic) bond motifs is 1. The molecule has 0 spiro atoms. The molecule has 2 aliphatic rings. The standard InChI is InChI=1S/C15H29N3O3S.ClH/c1-3-18(4-2)22(20,21)10-9-17-14(19)15-8-6-5-7-13(15)11-16-12-15;/h13,16H,3-12H2,1-2H3,(H,17,19);1H/t13-,15+;/m0./s1. The minimum absolute atomic E-state index is 0. The molecule has 136 valence electrons. The van der Waals surface area contributed by atoms with E-state index in [9.17, 15) is 13.2 Å². The van der Waals surface area contributed by atoms with Crippen molar-refractivity contribution in [1.29, 1.82) is 0 Å². The van der Waals surface area contributed by atoms with E-state index in [4.69, 9.17) is 0 Å². The number of amides is 1. The zero-order valence-corrected chi connectivity index (χ0v) is 15.8. The molecule has 1 saturated carbocycles. The Hall–Kier alpha value is -0.370. The van der Waals surface area contributed by atoms with Gasteiger partial charge in [-0.15, -0.1) is 12.4 Å². The first kappa shape index (κ1) is 20.7. The topological polar surface area (TPSA) is 78.5 Å². The lowest BCUT2D eigenvalue weighted by molar-refractivity contribution is -0.133. The van der Waals surface area contributed by atoms with E-state index in [2.05, 4.69) is 10.6 Å². The van der Waals surface area contributed by atoms with Crippen molar-refractivity contribution in [3.05, 3.63) is 0 Å². The van der Waals surface area contributed by atoms with Gasteiger partial charge in [-0.05, 0) is 25.3 Å². The summed E-state index contributed by atoms with van der Waals surface area (Å²) in [5, 5.41) is 6.23. The maximum Gasteiger partial charge on any atom is 0.227 e. The molecule has 1 amide bonds. The quantitative estimate of drug-likeness (QED) is 0.703. The third kappa shape index (κ3) is 4.38. The van der Waals surface area contributed by atoms with Crippen LogP contribution in [0.3, 0.4) is 0 Å². The summed E-state index contributed by atoms with van der Waals surface area (Å²) < 4.78 is 25.7. The van der Waals surface area contributed by atoms with Crippen LogP contribution in [0.15, 0.2) is 0 Å². The summed E-state index contributed by atoms with van der Waals surface area (Å²) in [6.07, 6.45) is 4.29. The van der Waals surface area contributed by atoms with Crippen LogP contribution in [0.5, 0.6) is 0 Å². The third-order valence-corrected chi connectivity index (χ3v) is 7.26. The molecular formula is C15H30ClN3O3S. The van der Waals surface area contributed by atoms with Crippen molar-refractivity contribution >= 4 is 28.3 Å². The summed E-state index contributed by atoms with van der Waals surface area (Å²) in [5.41, 5.74) is -0.308. The van der Waals surface area contributed by atoms with Gasteiger partial charge in [-0.25, -0.2) is 12.7 Å². The molecule has 0 radical (unpaired) electrons. The molecule has 2 fully saturated rings. The fraction of sp³-hybridized carbons (Fsp3) is 0.933. The lowest BCUT2D eigenvalue weighted by Gasteiger charge is -2.37. The minimum Gasteiger partial charge on any atom is -0.354 e. The van der Waals surface area contributed by atoms with Crippen LogP contribution in [0, 0.1) is 11.3 Å². The molecule has 1 aliphatic carbocycles.